The van der Waals surface area contributed by atoms with E-state index >= 15 is 0 Å². The van der Waals surface area contributed by atoms with Crippen LogP contribution in [0, 0.1) is 0 Å². The van der Waals surface area contributed by atoms with Crippen LogP contribution in [0.2, 0.25) is 10.0 Å². The lowest BCUT2D eigenvalue weighted by Gasteiger charge is -2.06. The molecule has 2 aromatic rings. The third kappa shape index (κ3) is 5.55. The molecule has 0 atom stereocenters. The second-order valence-corrected chi connectivity index (χ2v) is 7.03. The number of nitrogens with one attached hydrogen (secondary N) is 1. The van der Waals surface area contributed by atoms with E-state index in [4.69, 9.17) is 23.2 Å². The Morgan fingerprint density at radius 3 is 2.52 bits per heavy atom. The Balaban J connectivity index is 1.80. The van der Waals surface area contributed by atoms with Crippen LogP contribution in [0.5, 0.6) is 0 Å². The minimum atomic E-state index is -0.0348. The highest BCUT2D eigenvalue weighted by Gasteiger charge is 2.05. The summed E-state index contributed by atoms with van der Waals surface area (Å²) < 4.78 is 0.979. The Hall–Kier alpha value is -0.680. The molecule has 0 unspecified atom stereocenters. The number of hydrogen-bond donors (Lipinski definition) is 1. The van der Waals surface area contributed by atoms with E-state index in [-0.39, 0.29) is 5.91 Å². The van der Waals surface area contributed by atoms with Gasteiger partial charge in [0.15, 0.2) is 0 Å². The summed E-state index contributed by atoms with van der Waals surface area (Å²) in [6.45, 7) is 0. The molecule has 0 spiro atoms. The van der Waals surface area contributed by atoms with Crippen LogP contribution < -0.4 is 5.32 Å². The molecule has 1 amide bonds. The molecule has 0 bridgehead atoms. The normalized spacial score (nSPS) is 10.4. The van der Waals surface area contributed by atoms with E-state index in [9.17, 15) is 4.79 Å². The van der Waals surface area contributed by atoms with Crippen LogP contribution in [0.15, 0.2) is 46.9 Å². The molecule has 0 aromatic heterocycles. The first-order chi connectivity index (χ1) is 10.0. The Bertz CT molecular complexity index is 634. The standard InChI is InChI=1S/C15H12BrCl2NOS/c16-11-2-5-13(6-3-11)19-15(20)9-21-8-10-1-4-12(17)7-14(10)18/h1-7H,8-9H2,(H,19,20). The zero-order valence-corrected chi connectivity index (χ0v) is 14.8. The SMILES string of the molecule is O=C(CSCc1ccc(Cl)cc1Cl)Nc1ccc(Br)cc1. The summed E-state index contributed by atoms with van der Waals surface area (Å²) in [4.78, 5) is 11.8. The smallest absolute Gasteiger partial charge is 0.234 e. The summed E-state index contributed by atoms with van der Waals surface area (Å²) in [5.41, 5.74) is 1.76. The number of rotatable bonds is 5. The van der Waals surface area contributed by atoms with Crippen LogP contribution in [0.4, 0.5) is 5.69 Å². The topological polar surface area (TPSA) is 29.1 Å². The van der Waals surface area contributed by atoms with Crippen molar-refractivity contribution in [2.24, 2.45) is 0 Å². The molecule has 2 aromatic carbocycles. The predicted octanol–water partition coefficient (Wildman–Crippen LogP) is 5.63. The van der Waals surface area contributed by atoms with Crippen molar-refractivity contribution in [3.63, 3.8) is 0 Å². The van der Waals surface area contributed by atoms with Crippen molar-refractivity contribution in [2.75, 3.05) is 11.1 Å². The fourth-order valence-electron chi connectivity index (χ4n) is 1.62. The zero-order valence-electron chi connectivity index (χ0n) is 10.9. The third-order valence-electron chi connectivity index (χ3n) is 2.63. The number of carbonyl (C=O) groups excluding carboxylic acids is 1. The molecule has 1 N–H and O–H groups in total. The van der Waals surface area contributed by atoms with Gasteiger partial charge in [0, 0.05) is 26.0 Å². The highest BCUT2D eigenvalue weighted by Crippen LogP contribution is 2.24. The Labute approximate surface area is 146 Å². The summed E-state index contributed by atoms with van der Waals surface area (Å²) in [6.07, 6.45) is 0. The maximum atomic E-state index is 11.8. The van der Waals surface area contributed by atoms with Crippen molar-refractivity contribution in [3.05, 3.63) is 62.5 Å². The summed E-state index contributed by atoms with van der Waals surface area (Å²) in [5, 5.41) is 4.09. The molecule has 0 saturated heterocycles. The summed E-state index contributed by atoms with van der Waals surface area (Å²) in [5.74, 6) is 1.01. The number of carbonyl (C=O) groups is 1. The molecule has 0 heterocycles. The lowest BCUT2D eigenvalue weighted by Crippen LogP contribution is -2.14. The minimum absolute atomic E-state index is 0.0348. The molecular weight excluding hydrogens is 393 g/mol. The van der Waals surface area contributed by atoms with E-state index in [1.54, 1.807) is 12.1 Å². The fraction of sp³-hybridized carbons (Fsp3) is 0.133. The lowest BCUT2D eigenvalue weighted by atomic mass is 10.2. The number of halogens is 3. The van der Waals surface area contributed by atoms with Crippen molar-refractivity contribution in [3.8, 4) is 0 Å². The first-order valence-electron chi connectivity index (χ1n) is 6.11. The zero-order chi connectivity index (χ0) is 15.2. The van der Waals surface area contributed by atoms with E-state index < -0.39 is 0 Å². The molecular formula is C15H12BrCl2NOS. The monoisotopic (exact) mass is 403 g/mol. The maximum absolute atomic E-state index is 11.8. The van der Waals surface area contributed by atoms with E-state index in [1.165, 1.54) is 11.8 Å². The van der Waals surface area contributed by atoms with Crippen molar-refractivity contribution in [1.29, 1.82) is 0 Å². The van der Waals surface area contributed by atoms with Gasteiger partial charge in [0.05, 0.1) is 5.75 Å². The number of hydrogen-bond acceptors (Lipinski definition) is 2. The summed E-state index contributed by atoms with van der Waals surface area (Å²) in [7, 11) is 0. The van der Waals surface area contributed by atoms with E-state index in [0.29, 0.717) is 21.6 Å². The highest BCUT2D eigenvalue weighted by molar-refractivity contribution is 9.10. The van der Waals surface area contributed by atoms with Crippen LogP contribution in [0.3, 0.4) is 0 Å². The van der Waals surface area contributed by atoms with Gasteiger partial charge in [-0.2, -0.15) is 0 Å². The van der Waals surface area contributed by atoms with Gasteiger partial charge in [0.25, 0.3) is 0 Å². The number of amides is 1. The number of thioether (sulfide) groups is 1. The molecule has 0 fully saturated rings. The van der Waals surface area contributed by atoms with Gasteiger partial charge in [-0.05, 0) is 42.0 Å². The Morgan fingerprint density at radius 1 is 1.14 bits per heavy atom. The molecule has 0 aliphatic carbocycles. The van der Waals surface area contributed by atoms with Crippen LogP contribution in [0.25, 0.3) is 0 Å². The predicted molar refractivity (Wildman–Crippen MR) is 95.4 cm³/mol. The molecule has 0 aliphatic rings. The molecule has 6 heteroatoms. The van der Waals surface area contributed by atoms with Gasteiger partial charge in [-0.25, -0.2) is 0 Å². The largest absolute Gasteiger partial charge is 0.325 e. The summed E-state index contributed by atoms with van der Waals surface area (Å²) in [6, 6.07) is 12.9. The van der Waals surface area contributed by atoms with Crippen LogP contribution >= 0.6 is 50.9 Å². The van der Waals surface area contributed by atoms with Gasteiger partial charge in [-0.15, -0.1) is 11.8 Å². The molecule has 0 saturated carbocycles. The van der Waals surface area contributed by atoms with E-state index in [1.807, 2.05) is 30.3 Å². The number of anilines is 1. The number of benzene rings is 2. The van der Waals surface area contributed by atoms with Gasteiger partial charge in [0.2, 0.25) is 5.91 Å². The second kappa shape index (κ2) is 8.08. The Morgan fingerprint density at radius 2 is 1.86 bits per heavy atom. The average molecular weight is 405 g/mol. The maximum Gasteiger partial charge on any atom is 0.234 e. The lowest BCUT2D eigenvalue weighted by molar-refractivity contribution is -0.113. The molecule has 2 nitrogen and oxygen atoms in total. The van der Waals surface area contributed by atoms with Crippen molar-refractivity contribution >= 4 is 62.5 Å². The first-order valence-corrected chi connectivity index (χ1v) is 8.82. The van der Waals surface area contributed by atoms with Gasteiger partial charge >= 0.3 is 0 Å². The summed E-state index contributed by atoms with van der Waals surface area (Å²) >= 11 is 16.8. The fourth-order valence-corrected chi connectivity index (χ4v) is 3.27. The van der Waals surface area contributed by atoms with Crippen molar-refractivity contribution < 1.29 is 4.79 Å². The van der Waals surface area contributed by atoms with Gasteiger partial charge in [-0.1, -0.05) is 45.2 Å². The van der Waals surface area contributed by atoms with Gasteiger partial charge in [-0.3, -0.25) is 4.79 Å². The second-order valence-electron chi connectivity index (χ2n) is 4.28. The molecule has 2 rings (SSSR count). The first kappa shape index (κ1) is 16.7. The minimum Gasteiger partial charge on any atom is -0.325 e. The third-order valence-corrected chi connectivity index (χ3v) is 4.73. The van der Waals surface area contributed by atoms with E-state index in [2.05, 4.69) is 21.2 Å². The Kier molecular flexibility index (Phi) is 6.42. The van der Waals surface area contributed by atoms with Crippen molar-refractivity contribution in [1.82, 2.24) is 0 Å². The highest BCUT2D eigenvalue weighted by atomic mass is 79.9. The molecule has 0 aliphatic heterocycles. The average Bonchev–Trinajstić information content (AvgIpc) is 2.44. The van der Waals surface area contributed by atoms with E-state index in [0.717, 1.165) is 15.7 Å². The quantitative estimate of drug-likeness (QED) is 0.699. The molecule has 0 radical (unpaired) electrons. The van der Waals surface area contributed by atoms with Crippen LogP contribution in [-0.4, -0.2) is 11.7 Å². The van der Waals surface area contributed by atoms with Gasteiger partial charge in [0.1, 0.15) is 0 Å². The van der Waals surface area contributed by atoms with Crippen LogP contribution in [0.1, 0.15) is 5.56 Å². The van der Waals surface area contributed by atoms with Crippen LogP contribution in [-0.2, 0) is 10.5 Å². The molecule has 110 valence electrons. The van der Waals surface area contributed by atoms with Gasteiger partial charge < -0.3 is 5.32 Å². The van der Waals surface area contributed by atoms with Crippen molar-refractivity contribution in [2.45, 2.75) is 5.75 Å². The molecule has 21 heavy (non-hydrogen) atoms.